The minimum atomic E-state index is -0.946. The molecular formula is C17H17Cl2NO3. The van der Waals surface area contributed by atoms with E-state index in [9.17, 15) is 9.90 Å². The molecular weight excluding hydrogens is 337 g/mol. The normalized spacial score (nSPS) is 10.4. The predicted octanol–water partition coefficient (Wildman–Crippen LogP) is 4.88. The standard InChI is InChI=1S/C17H17Cl2NO3/c1-11-4-2-5-13(17(21)22)16(11)20-8-3-9-23-15-10-12(18)6-7-14(15)19/h2,4-7,10,20H,3,8-9H2,1H3,(H,21,22). The number of carbonyl (C=O) groups is 1. The van der Waals surface area contributed by atoms with E-state index in [0.29, 0.717) is 41.1 Å². The smallest absolute Gasteiger partial charge is 0.337 e. The lowest BCUT2D eigenvalue weighted by molar-refractivity contribution is 0.0698. The summed E-state index contributed by atoms with van der Waals surface area (Å²) in [7, 11) is 0. The summed E-state index contributed by atoms with van der Waals surface area (Å²) in [5.41, 5.74) is 1.80. The van der Waals surface area contributed by atoms with Crippen molar-refractivity contribution >= 4 is 34.9 Å². The third-order valence-corrected chi connectivity index (χ3v) is 3.82. The van der Waals surface area contributed by atoms with Gasteiger partial charge >= 0.3 is 5.97 Å². The van der Waals surface area contributed by atoms with Crippen LogP contribution in [0.3, 0.4) is 0 Å². The molecule has 0 unspecified atom stereocenters. The molecule has 2 aromatic carbocycles. The van der Waals surface area contributed by atoms with Crippen LogP contribution in [0.4, 0.5) is 5.69 Å². The molecule has 0 aliphatic heterocycles. The quantitative estimate of drug-likeness (QED) is 0.696. The van der Waals surface area contributed by atoms with Crippen LogP contribution >= 0.6 is 23.2 Å². The molecule has 0 aromatic heterocycles. The highest BCUT2D eigenvalue weighted by molar-refractivity contribution is 6.34. The highest BCUT2D eigenvalue weighted by Gasteiger charge is 2.11. The van der Waals surface area contributed by atoms with Gasteiger partial charge in [-0.25, -0.2) is 4.79 Å². The third kappa shape index (κ3) is 4.78. The van der Waals surface area contributed by atoms with Crippen molar-refractivity contribution in [2.24, 2.45) is 0 Å². The highest BCUT2D eigenvalue weighted by Crippen LogP contribution is 2.27. The zero-order valence-electron chi connectivity index (χ0n) is 12.6. The Balaban J connectivity index is 1.87. The molecule has 122 valence electrons. The summed E-state index contributed by atoms with van der Waals surface area (Å²) in [4.78, 5) is 11.2. The first-order valence-electron chi connectivity index (χ1n) is 7.13. The third-order valence-electron chi connectivity index (χ3n) is 3.28. The Labute approximate surface area is 145 Å². The Hall–Kier alpha value is -1.91. The van der Waals surface area contributed by atoms with Crippen LogP contribution in [-0.2, 0) is 0 Å². The van der Waals surface area contributed by atoms with Crippen LogP contribution in [0.15, 0.2) is 36.4 Å². The van der Waals surface area contributed by atoms with E-state index in [-0.39, 0.29) is 5.56 Å². The monoisotopic (exact) mass is 353 g/mol. The molecule has 0 aliphatic carbocycles. The fourth-order valence-corrected chi connectivity index (χ4v) is 2.47. The Morgan fingerprint density at radius 2 is 2.04 bits per heavy atom. The predicted molar refractivity (Wildman–Crippen MR) is 93.2 cm³/mol. The van der Waals surface area contributed by atoms with Gasteiger partial charge in [-0.3, -0.25) is 0 Å². The molecule has 2 rings (SSSR count). The highest BCUT2D eigenvalue weighted by atomic mass is 35.5. The summed E-state index contributed by atoms with van der Waals surface area (Å²) >= 11 is 11.9. The molecule has 0 radical (unpaired) electrons. The lowest BCUT2D eigenvalue weighted by atomic mass is 10.1. The van der Waals surface area contributed by atoms with Crippen molar-refractivity contribution in [2.75, 3.05) is 18.5 Å². The molecule has 0 atom stereocenters. The number of benzene rings is 2. The van der Waals surface area contributed by atoms with Gasteiger partial charge in [0.25, 0.3) is 0 Å². The number of halogens is 2. The lowest BCUT2D eigenvalue weighted by Gasteiger charge is -2.13. The fourth-order valence-electron chi connectivity index (χ4n) is 2.14. The van der Waals surface area contributed by atoms with Crippen molar-refractivity contribution in [3.05, 3.63) is 57.6 Å². The number of rotatable bonds is 7. The summed E-state index contributed by atoms with van der Waals surface area (Å²) in [6, 6.07) is 10.2. The van der Waals surface area contributed by atoms with Crippen molar-refractivity contribution in [1.29, 1.82) is 0 Å². The maximum Gasteiger partial charge on any atom is 0.337 e. The second kappa shape index (κ2) is 8.09. The van der Waals surface area contributed by atoms with E-state index in [1.807, 2.05) is 13.0 Å². The summed E-state index contributed by atoms with van der Waals surface area (Å²) in [6.07, 6.45) is 0.691. The molecule has 0 heterocycles. The van der Waals surface area contributed by atoms with Crippen LogP contribution in [0, 0.1) is 6.92 Å². The molecule has 0 bridgehead atoms. The number of anilines is 1. The minimum absolute atomic E-state index is 0.267. The number of carboxylic acids is 1. The van der Waals surface area contributed by atoms with Crippen LogP contribution in [-0.4, -0.2) is 24.2 Å². The molecule has 0 saturated heterocycles. The van der Waals surface area contributed by atoms with Crippen LogP contribution in [0.1, 0.15) is 22.3 Å². The van der Waals surface area contributed by atoms with Gasteiger partial charge in [0.2, 0.25) is 0 Å². The van der Waals surface area contributed by atoms with Gasteiger partial charge < -0.3 is 15.2 Å². The van der Waals surface area contributed by atoms with Crippen molar-refractivity contribution in [2.45, 2.75) is 13.3 Å². The molecule has 0 spiro atoms. The summed E-state index contributed by atoms with van der Waals surface area (Å²) in [5.74, 6) is -0.403. The zero-order chi connectivity index (χ0) is 16.8. The number of hydrogen-bond donors (Lipinski definition) is 2. The molecule has 0 saturated carbocycles. The molecule has 4 nitrogen and oxygen atoms in total. The first kappa shape index (κ1) is 17.4. The second-order valence-electron chi connectivity index (χ2n) is 5.01. The van der Waals surface area contributed by atoms with Crippen molar-refractivity contribution in [1.82, 2.24) is 0 Å². The van der Waals surface area contributed by atoms with Gasteiger partial charge in [-0.15, -0.1) is 0 Å². The number of aromatic carboxylic acids is 1. The first-order chi connectivity index (χ1) is 11.0. The zero-order valence-corrected chi connectivity index (χ0v) is 14.1. The van der Waals surface area contributed by atoms with Gasteiger partial charge in [0, 0.05) is 17.6 Å². The summed E-state index contributed by atoms with van der Waals surface area (Å²) < 4.78 is 5.59. The van der Waals surface area contributed by atoms with E-state index in [2.05, 4.69) is 5.32 Å². The maximum absolute atomic E-state index is 11.2. The average Bonchev–Trinajstić information content (AvgIpc) is 2.51. The Kier molecular flexibility index (Phi) is 6.13. The molecule has 0 fully saturated rings. The molecule has 2 N–H and O–H groups in total. The van der Waals surface area contributed by atoms with E-state index in [1.54, 1.807) is 30.3 Å². The van der Waals surface area contributed by atoms with E-state index in [1.165, 1.54) is 0 Å². The van der Waals surface area contributed by atoms with Crippen LogP contribution in [0.25, 0.3) is 0 Å². The first-order valence-corrected chi connectivity index (χ1v) is 7.89. The number of hydrogen-bond acceptors (Lipinski definition) is 3. The number of ether oxygens (including phenoxy) is 1. The van der Waals surface area contributed by atoms with Crippen LogP contribution < -0.4 is 10.1 Å². The van der Waals surface area contributed by atoms with Gasteiger partial charge in [-0.1, -0.05) is 35.3 Å². The lowest BCUT2D eigenvalue weighted by Crippen LogP contribution is -2.11. The van der Waals surface area contributed by atoms with Crippen molar-refractivity contribution in [3.63, 3.8) is 0 Å². The number of nitrogens with one attached hydrogen (secondary N) is 1. The molecule has 23 heavy (non-hydrogen) atoms. The molecule has 6 heteroatoms. The second-order valence-corrected chi connectivity index (χ2v) is 5.85. The topological polar surface area (TPSA) is 58.6 Å². The minimum Gasteiger partial charge on any atom is -0.492 e. The molecule has 2 aromatic rings. The van der Waals surface area contributed by atoms with Crippen LogP contribution in [0.5, 0.6) is 5.75 Å². The van der Waals surface area contributed by atoms with Crippen LogP contribution in [0.2, 0.25) is 10.0 Å². The van der Waals surface area contributed by atoms with E-state index in [0.717, 1.165) is 5.56 Å². The summed E-state index contributed by atoms with van der Waals surface area (Å²) in [5, 5.41) is 13.4. The largest absolute Gasteiger partial charge is 0.492 e. The van der Waals surface area contributed by atoms with Gasteiger partial charge in [0.15, 0.2) is 0 Å². The van der Waals surface area contributed by atoms with Gasteiger partial charge in [-0.05, 0) is 37.1 Å². The van der Waals surface area contributed by atoms with Gasteiger partial charge in [-0.2, -0.15) is 0 Å². The van der Waals surface area contributed by atoms with E-state index in [4.69, 9.17) is 27.9 Å². The molecule has 0 aliphatic rings. The maximum atomic E-state index is 11.2. The van der Waals surface area contributed by atoms with E-state index < -0.39 is 5.97 Å². The number of carboxylic acid groups (broad SMARTS) is 1. The van der Waals surface area contributed by atoms with Crippen molar-refractivity contribution in [3.8, 4) is 5.75 Å². The Morgan fingerprint density at radius 3 is 2.78 bits per heavy atom. The Morgan fingerprint density at radius 1 is 1.26 bits per heavy atom. The van der Waals surface area contributed by atoms with E-state index >= 15 is 0 Å². The molecule has 0 amide bonds. The summed E-state index contributed by atoms with van der Waals surface area (Å²) in [6.45, 7) is 2.90. The van der Waals surface area contributed by atoms with Crippen molar-refractivity contribution < 1.29 is 14.6 Å². The van der Waals surface area contributed by atoms with Gasteiger partial charge in [0.1, 0.15) is 5.75 Å². The fraction of sp³-hybridized carbons (Fsp3) is 0.235. The SMILES string of the molecule is Cc1cccc(C(=O)O)c1NCCCOc1cc(Cl)ccc1Cl. The van der Waals surface area contributed by atoms with Gasteiger partial charge in [0.05, 0.1) is 22.9 Å². The number of para-hydroxylation sites is 1. The average molecular weight is 354 g/mol. The number of aryl methyl sites for hydroxylation is 1. The Bertz CT molecular complexity index is 704.